The van der Waals surface area contributed by atoms with Crippen LogP contribution in [0.5, 0.6) is 5.75 Å². The number of carboxylic acids is 2. The highest BCUT2D eigenvalue weighted by Crippen LogP contribution is 2.32. The van der Waals surface area contributed by atoms with Crippen LogP contribution in [0.1, 0.15) is 49.0 Å². The Bertz CT molecular complexity index is 491. The average molecular weight is 266 g/mol. The molecule has 0 bridgehead atoms. The highest BCUT2D eigenvalue weighted by Gasteiger charge is 2.23. The van der Waals surface area contributed by atoms with Crippen LogP contribution in [0.25, 0.3) is 0 Å². The van der Waals surface area contributed by atoms with Crippen LogP contribution in [0.15, 0.2) is 18.2 Å². The molecular formula is C14H18O5. The lowest BCUT2D eigenvalue weighted by Gasteiger charge is -2.25. The van der Waals surface area contributed by atoms with Gasteiger partial charge in [0, 0.05) is 6.42 Å². The Balaban J connectivity index is 2.91. The van der Waals surface area contributed by atoms with Gasteiger partial charge in [-0.25, -0.2) is 4.79 Å². The molecule has 19 heavy (non-hydrogen) atoms. The predicted molar refractivity (Wildman–Crippen MR) is 69.6 cm³/mol. The summed E-state index contributed by atoms with van der Waals surface area (Å²) in [6.45, 7) is 3.85. The molecule has 0 fully saturated rings. The molecule has 0 aliphatic rings. The molecule has 0 aromatic heterocycles. The first kappa shape index (κ1) is 15.0. The first-order valence-electron chi connectivity index (χ1n) is 6.02. The molecular weight excluding hydrogens is 248 g/mol. The van der Waals surface area contributed by atoms with E-state index in [0.717, 1.165) is 5.56 Å². The minimum atomic E-state index is -1.18. The summed E-state index contributed by atoms with van der Waals surface area (Å²) < 4.78 is 0. The van der Waals surface area contributed by atoms with E-state index < -0.39 is 11.9 Å². The third kappa shape index (κ3) is 3.98. The minimum Gasteiger partial charge on any atom is -0.507 e. The highest BCUT2D eigenvalue weighted by molar-refractivity contribution is 5.91. The Labute approximate surface area is 111 Å². The normalized spacial score (nSPS) is 11.3. The van der Waals surface area contributed by atoms with E-state index in [-0.39, 0.29) is 23.1 Å². The van der Waals surface area contributed by atoms with Gasteiger partial charge in [0.05, 0.1) is 0 Å². The Morgan fingerprint density at radius 2 is 1.84 bits per heavy atom. The summed E-state index contributed by atoms with van der Waals surface area (Å²) in [5.74, 6) is -2.29. The van der Waals surface area contributed by atoms with Gasteiger partial charge in [0.25, 0.3) is 0 Å². The summed E-state index contributed by atoms with van der Waals surface area (Å²) in [5.41, 5.74) is 0.296. The van der Waals surface area contributed by atoms with Crippen LogP contribution in [-0.4, -0.2) is 27.3 Å². The van der Waals surface area contributed by atoms with Crippen LogP contribution in [-0.2, 0) is 10.2 Å². The van der Waals surface area contributed by atoms with Gasteiger partial charge >= 0.3 is 11.9 Å². The van der Waals surface area contributed by atoms with Crippen molar-refractivity contribution in [1.29, 1.82) is 0 Å². The second-order valence-electron chi connectivity index (χ2n) is 5.17. The molecule has 1 rings (SSSR count). The number of aliphatic carboxylic acids is 1. The van der Waals surface area contributed by atoms with Crippen molar-refractivity contribution in [1.82, 2.24) is 0 Å². The zero-order valence-electron chi connectivity index (χ0n) is 11.0. The largest absolute Gasteiger partial charge is 0.507 e. The van der Waals surface area contributed by atoms with Crippen molar-refractivity contribution in [3.05, 3.63) is 29.3 Å². The smallest absolute Gasteiger partial charge is 0.339 e. The van der Waals surface area contributed by atoms with E-state index in [9.17, 15) is 14.7 Å². The third-order valence-electron chi connectivity index (χ3n) is 3.20. The SMILES string of the molecule is CC(C)(CCCC(=O)O)c1ccc(O)c(C(=O)O)c1. The summed E-state index contributed by atoms with van der Waals surface area (Å²) in [4.78, 5) is 21.5. The van der Waals surface area contributed by atoms with Gasteiger partial charge in [0.2, 0.25) is 0 Å². The van der Waals surface area contributed by atoms with Crippen LogP contribution < -0.4 is 0 Å². The molecule has 5 heteroatoms. The maximum Gasteiger partial charge on any atom is 0.339 e. The molecule has 104 valence electrons. The molecule has 0 aliphatic heterocycles. The van der Waals surface area contributed by atoms with E-state index in [2.05, 4.69) is 0 Å². The topological polar surface area (TPSA) is 94.8 Å². The standard InChI is InChI=1S/C14H18O5/c1-14(2,7-3-4-12(16)17)9-5-6-11(15)10(8-9)13(18)19/h5-6,8,15H,3-4,7H2,1-2H3,(H,16,17)(H,18,19). The fourth-order valence-corrected chi connectivity index (χ4v) is 1.95. The van der Waals surface area contributed by atoms with Gasteiger partial charge in [-0.2, -0.15) is 0 Å². The van der Waals surface area contributed by atoms with Crippen LogP contribution in [0, 0.1) is 0 Å². The molecule has 0 radical (unpaired) electrons. The second-order valence-corrected chi connectivity index (χ2v) is 5.17. The number of carbonyl (C=O) groups is 2. The van der Waals surface area contributed by atoms with Crippen LogP contribution in [0.4, 0.5) is 0 Å². The average Bonchev–Trinajstić information content (AvgIpc) is 2.27. The van der Waals surface area contributed by atoms with E-state index in [4.69, 9.17) is 10.2 Å². The molecule has 0 unspecified atom stereocenters. The van der Waals surface area contributed by atoms with Gasteiger partial charge in [-0.3, -0.25) is 4.79 Å². The summed E-state index contributed by atoms with van der Waals surface area (Å²) in [6.07, 6.45) is 1.24. The third-order valence-corrected chi connectivity index (χ3v) is 3.20. The van der Waals surface area contributed by atoms with Crippen LogP contribution >= 0.6 is 0 Å². The quantitative estimate of drug-likeness (QED) is 0.735. The monoisotopic (exact) mass is 266 g/mol. The Hall–Kier alpha value is -2.04. The summed E-state index contributed by atoms with van der Waals surface area (Å²) in [7, 11) is 0. The lowest BCUT2D eigenvalue weighted by molar-refractivity contribution is -0.137. The van der Waals surface area contributed by atoms with Crippen LogP contribution in [0.3, 0.4) is 0 Å². The fourth-order valence-electron chi connectivity index (χ4n) is 1.95. The molecule has 3 N–H and O–H groups in total. The number of aromatic hydroxyl groups is 1. The van der Waals surface area contributed by atoms with Crippen molar-refractivity contribution in [2.75, 3.05) is 0 Å². The molecule has 0 saturated carbocycles. The fraction of sp³-hybridized carbons (Fsp3) is 0.429. The van der Waals surface area contributed by atoms with Gasteiger partial charge in [-0.1, -0.05) is 19.9 Å². The maximum absolute atomic E-state index is 11.0. The van der Waals surface area contributed by atoms with Gasteiger partial charge in [-0.15, -0.1) is 0 Å². The van der Waals surface area contributed by atoms with Gasteiger partial charge in [0.1, 0.15) is 11.3 Å². The van der Waals surface area contributed by atoms with Gasteiger partial charge < -0.3 is 15.3 Å². The van der Waals surface area contributed by atoms with E-state index in [1.54, 1.807) is 6.07 Å². The van der Waals surface area contributed by atoms with Crippen molar-refractivity contribution in [3.8, 4) is 5.75 Å². The lowest BCUT2D eigenvalue weighted by atomic mass is 9.79. The van der Waals surface area contributed by atoms with Crippen molar-refractivity contribution in [2.24, 2.45) is 0 Å². The van der Waals surface area contributed by atoms with Crippen molar-refractivity contribution < 1.29 is 24.9 Å². The molecule has 0 aliphatic carbocycles. The predicted octanol–water partition coefficient (Wildman–Crippen LogP) is 2.62. The first-order chi connectivity index (χ1) is 8.74. The molecule has 1 aromatic rings. The number of rotatable bonds is 6. The Morgan fingerprint density at radius 1 is 1.21 bits per heavy atom. The molecule has 0 spiro atoms. The number of carboxylic acid groups (broad SMARTS) is 2. The summed E-state index contributed by atoms with van der Waals surface area (Å²) in [6, 6.07) is 4.47. The van der Waals surface area contributed by atoms with Gasteiger partial charge in [-0.05, 0) is 36.0 Å². The molecule has 0 atom stereocenters. The molecule has 0 saturated heterocycles. The summed E-state index contributed by atoms with van der Waals surface area (Å²) >= 11 is 0. The maximum atomic E-state index is 11.0. The van der Waals surface area contributed by atoms with E-state index in [1.807, 2.05) is 13.8 Å². The summed E-state index contributed by atoms with van der Waals surface area (Å²) in [5, 5.41) is 27.1. The molecule has 0 heterocycles. The number of benzene rings is 1. The van der Waals surface area contributed by atoms with Crippen molar-refractivity contribution in [3.63, 3.8) is 0 Å². The Morgan fingerprint density at radius 3 is 2.37 bits per heavy atom. The second kappa shape index (κ2) is 5.73. The van der Waals surface area contributed by atoms with E-state index in [0.29, 0.717) is 12.8 Å². The number of hydrogen-bond donors (Lipinski definition) is 3. The van der Waals surface area contributed by atoms with Crippen LogP contribution in [0.2, 0.25) is 0 Å². The number of hydrogen-bond acceptors (Lipinski definition) is 3. The van der Waals surface area contributed by atoms with Crippen molar-refractivity contribution >= 4 is 11.9 Å². The first-order valence-corrected chi connectivity index (χ1v) is 6.02. The van der Waals surface area contributed by atoms with Gasteiger partial charge in [0.15, 0.2) is 0 Å². The number of aromatic carboxylic acids is 1. The lowest BCUT2D eigenvalue weighted by Crippen LogP contribution is -2.18. The number of phenols is 1. The molecule has 0 amide bonds. The van der Waals surface area contributed by atoms with E-state index in [1.165, 1.54) is 12.1 Å². The minimum absolute atomic E-state index is 0.0906. The zero-order chi connectivity index (χ0) is 14.6. The van der Waals surface area contributed by atoms with Crippen molar-refractivity contribution in [2.45, 2.75) is 38.5 Å². The Kier molecular flexibility index (Phi) is 4.53. The molecule has 1 aromatic carbocycles. The zero-order valence-corrected chi connectivity index (χ0v) is 11.0. The highest BCUT2D eigenvalue weighted by atomic mass is 16.4. The van der Waals surface area contributed by atoms with E-state index >= 15 is 0 Å². The molecule has 5 nitrogen and oxygen atoms in total.